The molecule has 1 atom stereocenters. The molecule has 0 spiro atoms. The Kier molecular flexibility index (Phi) is 4.17. The Labute approximate surface area is 106 Å². The molecule has 0 bridgehead atoms. The van der Waals surface area contributed by atoms with Gasteiger partial charge < -0.3 is 14.5 Å². The van der Waals surface area contributed by atoms with Crippen molar-refractivity contribution in [2.75, 3.05) is 20.3 Å². The number of likely N-dealkylation sites (tertiary alicyclic amines) is 1. The van der Waals surface area contributed by atoms with Crippen LogP contribution in [-0.2, 0) is 4.84 Å². The SMILES string of the molecule is COc1ccccc1C(=O)N1CCCC1CON. The molecule has 0 aliphatic carbocycles. The molecular formula is C13H18N2O3. The highest BCUT2D eigenvalue weighted by atomic mass is 16.6. The Hall–Kier alpha value is -1.59. The van der Waals surface area contributed by atoms with E-state index in [0.29, 0.717) is 17.9 Å². The Morgan fingerprint density at radius 2 is 2.28 bits per heavy atom. The van der Waals surface area contributed by atoms with Crippen LogP contribution in [0.4, 0.5) is 0 Å². The number of carbonyl (C=O) groups is 1. The van der Waals surface area contributed by atoms with Crippen molar-refractivity contribution in [2.24, 2.45) is 5.90 Å². The van der Waals surface area contributed by atoms with Crippen LogP contribution < -0.4 is 10.6 Å². The van der Waals surface area contributed by atoms with Gasteiger partial charge in [0.05, 0.1) is 25.3 Å². The van der Waals surface area contributed by atoms with E-state index in [9.17, 15) is 4.79 Å². The topological polar surface area (TPSA) is 64.8 Å². The summed E-state index contributed by atoms with van der Waals surface area (Å²) in [5, 5.41) is 0. The van der Waals surface area contributed by atoms with E-state index in [1.807, 2.05) is 17.0 Å². The average Bonchev–Trinajstić information content (AvgIpc) is 2.86. The molecule has 1 aliphatic heterocycles. The van der Waals surface area contributed by atoms with Crippen LogP contribution in [0.2, 0.25) is 0 Å². The third kappa shape index (κ3) is 2.47. The van der Waals surface area contributed by atoms with Gasteiger partial charge in [0, 0.05) is 6.54 Å². The van der Waals surface area contributed by atoms with Crippen molar-refractivity contribution in [1.29, 1.82) is 0 Å². The van der Waals surface area contributed by atoms with Gasteiger partial charge in [0.1, 0.15) is 5.75 Å². The van der Waals surface area contributed by atoms with Crippen molar-refractivity contribution in [1.82, 2.24) is 4.90 Å². The fourth-order valence-corrected chi connectivity index (χ4v) is 2.36. The van der Waals surface area contributed by atoms with Crippen molar-refractivity contribution in [2.45, 2.75) is 18.9 Å². The van der Waals surface area contributed by atoms with Gasteiger partial charge in [0.15, 0.2) is 0 Å². The van der Waals surface area contributed by atoms with E-state index in [4.69, 9.17) is 10.6 Å². The number of ether oxygens (including phenoxy) is 1. The Balaban J connectivity index is 2.20. The molecule has 1 unspecified atom stereocenters. The van der Waals surface area contributed by atoms with Crippen LogP contribution in [0.25, 0.3) is 0 Å². The maximum atomic E-state index is 12.5. The molecule has 2 rings (SSSR count). The molecule has 0 saturated carbocycles. The molecule has 0 aromatic heterocycles. The van der Waals surface area contributed by atoms with Crippen LogP contribution in [0, 0.1) is 0 Å². The lowest BCUT2D eigenvalue weighted by Gasteiger charge is -2.24. The summed E-state index contributed by atoms with van der Waals surface area (Å²) in [6.45, 7) is 1.12. The van der Waals surface area contributed by atoms with E-state index >= 15 is 0 Å². The van der Waals surface area contributed by atoms with E-state index in [2.05, 4.69) is 4.84 Å². The van der Waals surface area contributed by atoms with Gasteiger partial charge in [-0.1, -0.05) is 12.1 Å². The molecule has 1 aromatic carbocycles. The number of rotatable bonds is 4. The number of nitrogens with zero attached hydrogens (tertiary/aromatic N) is 1. The standard InChI is InChI=1S/C13H18N2O3/c1-17-12-7-3-2-6-11(12)13(16)15-8-4-5-10(15)9-18-14/h2-3,6-7,10H,4-5,8-9,14H2,1H3. The van der Waals surface area contributed by atoms with E-state index in [0.717, 1.165) is 19.4 Å². The molecular weight excluding hydrogens is 232 g/mol. The van der Waals surface area contributed by atoms with Crippen LogP contribution in [-0.4, -0.2) is 37.1 Å². The van der Waals surface area contributed by atoms with Crippen molar-refractivity contribution >= 4 is 5.91 Å². The second-order valence-corrected chi connectivity index (χ2v) is 4.33. The minimum atomic E-state index is -0.0213. The number of para-hydroxylation sites is 1. The second-order valence-electron chi connectivity index (χ2n) is 4.33. The first-order valence-corrected chi connectivity index (χ1v) is 6.03. The van der Waals surface area contributed by atoms with Crippen molar-refractivity contribution in [3.63, 3.8) is 0 Å². The number of benzene rings is 1. The number of amides is 1. The van der Waals surface area contributed by atoms with Gasteiger partial charge in [-0.05, 0) is 25.0 Å². The highest BCUT2D eigenvalue weighted by Gasteiger charge is 2.30. The summed E-state index contributed by atoms with van der Waals surface area (Å²) >= 11 is 0. The highest BCUT2D eigenvalue weighted by Crippen LogP contribution is 2.24. The summed E-state index contributed by atoms with van der Waals surface area (Å²) in [5.74, 6) is 5.68. The van der Waals surface area contributed by atoms with Gasteiger partial charge in [0.2, 0.25) is 0 Å². The van der Waals surface area contributed by atoms with Gasteiger partial charge in [0.25, 0.3) is 5.91 Å². The molecule has 5 nitrogen and oxygen atoms in total. The summed E-state index contributed by atoms with van der Waals surface area (Å²) < 4.78 is 5.22. The summed E-state index contributed by atoms with van der Waals surface area (Å²) in [6, 6.07) is 7.31. The lowest BCUT2D eigenvalue weighted by atomic mass is 10.1. The monoisotopic (exact) mass is 250 g/mol. The molecule has 1 amide bonds. The summed E-state index contributed by atoms with van der Waals surface area (Å²) in [6.07, 6.45) is 1.91. The van der Waals surface area contributed by atoms with Gasteiger partial charge in [-0.3, -0.25) is 4.79 Å². The number of carbonyl (C=O) groups excluding carboxylic acids is 1. The summed E-state index contributed by atoms with van der Waals surface area (Å²) in [7, 11) is 1.57. The zero-order valence-electron chi connectivity index (χ0n) is 10.5. The minimum Gasteiger partial charge on any atom is -0.496 e. The third-order valence-corrected chi connectivity index (χ3v) is 3.26. The fourth-order valence-electron chi connectivity index (χ4n) is 2.36. The molecule has 1 aliphatic rings. The van der Waals surface area contributed by atoms with Crippen LogP contribution in [0.15, 0.2) is 24.3 Å². The fraction of sp³-hybridized carbons (Fsp3) is 0.462. The van der Waals surface area contributed by atoms with E-state index < -0.39 is 0 Å². The van der Waals surface area contributed by atoms with Crippen LogP contribution >= 0.6 is 0 Å². The van der Waals surface area contributed by atoms with Gasteiger partial charge in [-0.15, -0.1) is 0 Å². The predicted octanol–water partition coefficient (Wildman–Crippen LogP) is 1.19. The quantitative estimate of drug-likeness (QED) is 0.815. The van der Waals surface area contributed by atoms with Crippen molar-refractivity contribution < 1.29 is 14.4 Å². The number of methoxy groups -OCH3 is 1. The maximum absolute atomic E-state index is 12.5. The minimum absolute atomic E-state index is 0.0213. The van der Waals surface area contributed by atoms with Crippen molar-refractivity contribution in [3.05, 3.63) is 29.8 Å². The Bertz CT molecular complexity index is 422. The summed E-state index contributed by atoms with van der Waals surface area (Å²) in [5.41, 5.74) is 0.587. The second kappa shape index (κ2) is 5.84. The maximum Gasteiger partial charge on any atom is 0.257 e. The zero-order chi connectivity index (χ0) is 13.0. The lowest BCUT2D eigenvalue weighted by Crippen LogP contribution is -2.39. The van der Waals surface area contributed by atoms with E-state index in [1.54, 1.807) is 19.2 Å². The van der Waals surface area contributed by atoms with Gasteiger partial charge in [-0.2, -0.15) is 0 Å². The molecule has 2 N–H and O–H groups in total. The molecule has 18 heavy (non-hydrogen) atoms. The Morgan fingerprint density at radius 1 is 1.50 bits per heavy atom. The largest absolute Gasteiger partial charge is 0.496 e. The average molecular weight is 250 g/mol. The normalized spacial score (nSPS) is 19.0. The molecule has 1 heterocycles. The zero-order valence-corrected chi connectivity index (χ0v) is 10.5. The van der Waals surface area contributed by atoms with Crippen molar-refractivity contribution in [3.8, 4) is 5.75 Å². The summed E-state index contributed by atoms with van der Waals surface area (Å²) in [4.78, 5) is 18.9. The van der Waals surface area contributed by atoms with Crippen LogP contribution in [0.5, 0.6) is 5.75 Å². The number of hydrogen-bond donors (Lipinski definition) is 1. The number of nitrogens with two attached hydrogens (primary N) is 1. The molecule has 1 saturated heterocycles. The van der Waals surface area contributed by atoms with E-state index in [1.165, 1.54) is 0 Å². The molecule has 1 aromatic rings. The van der Waals surface area contributed by atoms with Gasteiger partial charge >= 0.3 is 0 Å². The van der Waals surface area contributed by atoms with Gasteiger partial charge in [-0.25, -0.2) is 5.90 Å². The number of hydrogen-bond acceptors (Lipinski definition) is 4. The highest BCUT2D eigenvalue weighted by molar-refractivity contribution is 5.97. The third-order valence-electron chi connectivity index (χ3n) is 3.26. The smallest absolute Gasteiger partial charge is 0.257 e. The molecule has 5 heteroatoms. The Morgan fingerprint density at radius 3 is 3.00 bits per heavy atom. The molecule has 1 fully saturated rings. The lowest BCUT2D eigenvalue weighted by molar-refractivity contribution is 0.0538. The first kappa shape index (κ1) is 12.9. The van der Waals surface area contributed by atoms with E-state index in [-0.39, 0.29) is 11.9 Å². The molecule has 98 valence electrons. The van der Waals surface area contributed by atoms with Crippen LogP contribution in [0.1, 0.15) is 23.2 Å². The first-order chi connectivity index (χ1) is 8.77. The van der Waals surface area contributed by atoms with Crippen LogP contribution in [0.3, 0.4) is 0 Å². The molecule has 0 radical (unpaired) electrons. The predicted molar refractivity (Wildman–Crippen MR) is 67.2 cm³/mol. The first-order valence-electron chi connectivity index (χ1n) is 6.03.